The highest BCUT2D eigenvalue weighted by Crippen LogP contribution is 2.35. The van der Waals surface area contributed by atoms with Crippen LogP contribution >= 0.6 is 0 Å². The lowest BCUT2D eigenvalue weighted by atomic mass is 10.0. The van der Waals surface area contributed by atoms with E-state index in [-0.39, 0.29) is 5.76 Å². The molecule has 0 atom stereocenters. The first-order chi connectivity index (χ1) is 10.1. The van der Waals surface area contributed by atoms with E-state index in [4.69, 9.17) is 14.2 Å². The fourth-order valence-corrected chi connectivity index (χ4v) is 2.16. The van der Waals surface area contributed by atoms with Crippen molar-refractivity contribution >= 4 is 17.7 Å². The van der Waals surface area contributed by atoms with Crippen LogP contribution in [0.15, 0.2) is 18.2 Å². The zero-order chi connectivity index (χ0) is 15.4. The first-order valence-electron chi connectivity index (χ1n) is 6.87. The second-order valence-electron chi connectivity index (χ2n) is 4.73. The van der Waals surface area contributed by atoms with Crippen LogP contribution in [0.3, 0.4) is 0 Å². The number of carbonyl (C=O) groups is 2. The minimum absolute atomic E-state index is 0.224. The average Bonchev–Trinajstić information content (AvgIpc) is 2.76. The summed E-state index contributed by atoms with van der Waals surface area (Å²) in [6.45, 7) is 4.15. The van der Waals surface area contributed by atoms with Crippen LogP contribution in [0.1, 0.15) is 41.3 Å². The van der Waals surface area contributed by atoms with Gasteiger partial charge in [0.2, 0.25) is 0 Å². The number of fused-ring (bicyclic) bond motifs is 1. The van der Waals surface area contributed by atoms with Crippen LogP contribution in [0.5, 0.6) is 5.75 Å². The van der Waals surface area contributed by atoms with Crippen LogP contribution in [0.2, 0.25) is 0 Å². The van der Waals surface area contributed by atoms with E-state index in [2.05, 4.69) is 0 Å². The normalized spacial score (nSPS) is 14.8. The highest BCUT2D eigenvalue weighted by atomic mass is 16.6. The standard InChI is InChI=1S/C16H18O5/c1-4-5-8-20-14(17)9-13-11-6-7-12(19-3)10(2)15(11)16(18)21-13/h6-7,9H,4-5,8H2,1-3H3/b13-9+. The lowest BCUT2D eigenvalue weighted by Crippen LogP contribution is -2.03. The van der Waals surface area contributed by atoms with E-state index < -0.39 is 11.9 Å². The van der Waals surface area contributed by atoms with Gasteiger partial charge in [0, 0.05) is 11.1 Å². The van der Waals surface area contributed by atoms with Gasteiger partial charge in [0.25, 0.3) is 0 Å². The minimum atomic E-state index is -0.507. The fraction of sp³-hybridized carbons (Fsp3) is 0.375. The first-order valence-corrected chi connectivity index (χ1v) is 6.87. The predicted octanol–water partition coefficient (Wildman–Crippen LogP) is 2.86. The van der Waals surface area contributed by atoms with Gasteiger partial charge >= 0.3 is 11.9 Å². The van der Waals surface area contributed by atoms with Crippen LogP contribution in [-0.2, 0) is 14.3 Å². The average molecular weight is 290 g/mol. The van der Waals surface area contributed by atoms with Crippen LogP contribution < -0.4 is 4.74 Å². The number of hydrogen-bond donors (Lipinski definition) is 0. The molecule has 112 valence electrons. The minimum Gasteiger partial charge on any atom is -0.496 e. The molecule has 0 aromatic heterocycles. The van der Waals surface area contributed by atoms with E-state index in [1.807, 2.05) is 6.92 Å². The van der Waals surface area contributed by atoms with Crippen molar-refractivity contribution in [1.82, 2.24) is 0 Å². The zero-order valence-electron chi connectivity index (χ0n) is 12.4. The van der Waals surface area contributed by atoms with Crippen molar-refractivity contribution < 1.29 is 23.8 Å². The van der Waals surface area contributed by atoms with Crippen molar-refractivity contribution in [2.24, 2.45) is 0 Å². The molecule has 1 aromatic rings. The summed E-state index contributed by atoms with van der Waals surface area (Å²) in [5.74, 6) is -0.152. The van der Waals surface area contributed by atoms with Gasteiger partial charge in [-0.1, -0.05) is 13.3 Å². The van der Waals surface area contributed by atoms with Gasteiger partial charge in [0.1, 0.15) is 11.5 Å². The molecular weight excluding hydrogens is 272 g/mol. The molecule has 1 heterocycles. The van der Waals surface area contributed by atoms with Crippen molar-refractivity contribution in [3.63, 3.8) is 0 Å². The number of carbonyl (C=O) groups excluding carboxylic acids is 2. The summed E-state index contributed by atoms with van der Waals surface area (Å²) in [7, 11) is 1.54. The molecule has 2 rings (SSSR count). The molecule has 0 unspecified atom stereocenters. The van der Waals surface area contributed by atoms with E-state index in [0.717, 1.165) is 12.8 Å². The summed E-state index contributed by atoms with van der Waals surface area (Å²) in [6, 6.07) is 3.45. The number of hydrogen-bond acceptors (Lipinski definition) is 5. The Bertz CT molecular complexity index is 601. The third-order valence-corrected chi connectivity index (χ3v) is 3.30. The number of methoxy groups -OCH3 is 1. The third-order valence-electron chi connectivity index (χ3n) is 3.30. The van der Waals surface area contributed by atoms with Crippen LogP contribution in [-0.4, -0.2) is 25.7 Å². The van der Waals surface area contributed by atoms with E-state index in [9.17, 15) is 9.59 Å². The van der Waals surface area contributed by atoms with Gasteiger partial charge < -0.3 is 14.2 Å². The van der Waals surface area contributed by atoms with Gasteiger partial charge in [-0.25, -0.2) is 9.59 Å². The Hall–Kier alpha value is -2.30. The van der Waals surface area contributed by atoms with E-state index in [1.54, 1.807) is 19.1 Å². The molecule has 5 nitrogen and oxygen atoms in total. The summed E-state index contributed by atoms with van der Waals surface area (Å²) in [4.78, 5) is 23.6. The SMILES string of the molecule is CCCCOC(=O)/C=C1/OC(=O)c2c1ccc(OC)c2C. The molecule has 1 aromatic carbocycles. The number of rotatable bonds is 5. The van der Waals surface area contributed by atoms with Gasteiger partial charge in [-0.3, -0.25) is 0 Å². The zero-order valence-corrected chi connectivity index (χ0v) is 12.4. The molecular formula is C16H18O5. The number of benzene rings is 1. The molecule has 0 saturated carbocycles. The molecule has 0 amide bonds. The van der Waals surface area contributed by atoms with Crippen molar-refractivity contribution in [3.05, 3.63) is 34.9 Å². The highest BCUT2D eigenvalue weighted by Gasteiger charge is 2.30. The second kappa shape index (κ2) is 6.43. The van der Waals surface area contributed by atoms with Gasteiger partial charge in [-0.15, -0.1) is 0 Å². The molecule has 0 fully saturated rings. The molecule has 1 aliphatic rings. The van der Waals surface area contributed by atoms with Crippen LogP contribution in [0.25, 0.3) is 5.76 Å². The molecule has 0 aliphatic carbocycles. The van der Waals surface area contributed by atoms with Crippen molar-refractivity contribution in [3.8, 4) is 5.75 Å². The maximum atomic E-state index is 11.9. The summed E-state index contributed by atoms with van der Waals surface area (Å²) in [5, 5.41) is 0. The van der Waals surface area contributed by atoms with Crippen molar-refractivity contribution in [1.29, 1.82) is 0 Å². The molecule has 0 saturated heterocycles. The topological polar surface area (TPSA) is 61.8 Å². The highest BCUT2D eigenvalue weighted by molar-refractivity contribution is 6.07. The van der Waals surface area contributed by atoms with Crippen molar-refractivity contribution in [2.75, 3.05) is 13.7 Å². The molecule has 21 heavy (non-hydrogen) atoms. The van der Waals surface area contributed by atoms with Crippen LogP contribution in [0.4, 0.5) is 0 Å². The Labute approximate surface area is 123 Å². The second-order valence-corrected chi connectivity index (χ2v) is 4.73. The van der Waals surface area contributed by atoms with Gasteiger partial charge in [-0.2, -0.15) is 0 Å². The smallest absolute Gasteiger partial charge is 0.344 e. The Balaban J connectivity index is 2.26. The first kappa shape index (κ1) is 15.1. The maximum Gasteiger partial charge on any atom is 0.344 e. The molecule has 5 heteroatoms. The number of esters is 2. The summed E-state index contributed by atoms with van der Waals surface area (Å²) in [5.41, 5.74) is 1.72. The Morgan fingerprint density at radius 2 is 2.14 bits per heavy atom. The lowest BCUT2D eigenvalue weighted by Gasteiger charge is -2.06. The number of cyclic esters (lactones) is 1. The molecule has 0 bridgehead atoms. The van der Waals surface area contributed by atoms with Crippen LogP contribution in [0, 0.1) is 6.92 Å². The summed E-state index contributed by atoms with van der Waals surface area (Å²) >= 11 is 0. The molecule has 0 spiro atoms. The Morgan fingerprint density at radius 3 is 2.81 bits per heavy atom. The molecule has 0 radical (unpaired) electrons. The van der Waals surface area contributed by atoms with E-state index in [1.165, 1.54) is 13.2 Å². The molecule has 1 aliphatic heterocycles. The third kappa shape index (κ3) is 3.07. The molecule has 0 N–H and O–H groups in total. The lowest BCUT2D eigenvalue weighted by molar-refractivity contribution is -0.137. The van der Waals surface area contributed by atoms with Gasteiger partial charge in [-0.05, 0) is 25.5 Å². The summed E-state index contributed by atoms with van der Waals surface area (Å²) in [6.07, 6.45) is 2.97. The fourth-order valence-electron chi connectivity index (χ4n) is 2.16. The monoisotopic (exact) mass is 290 g/mol. The Kier molecular flexibility index (Phi) is 4.62. The Morgan fingerprint density at radius 1 is 1.38 bits per heavy atom. The number of unbranched alkanes of at least 4 members (excludes halogenated alkanes) is 1. The summed E-state index contributed by atoms with van der Waals surface area (Å²) < 4.78 is 15.4. The largest absolute Gasteiger partial charge is 0.496 e. The number of ether oxygens (including phenoxy) is 3. The van der Waals surface area contributed by atoms with Gasteiger partial charge in [0.05, 0.1) is 25.4 Å². The predicted molar refractivity (Wildman–Crippen MR) is 77.0 cm³/mol. The van der Waals surface area contributed by atoms with E-state index >= 15 is 0 Å². The van der Waals surface area contributed by atoms with Crippen molar-refractivity contribution in [2.45, 2.75) is 26.7 Å². The quantitative estimate of drug-likeness (QED) is 0.474. The van der Waals surface area contributed by atoms with E-state index in [0.29, 0.717) is 29.0 Å². The maximum absolute atomic E-state index is 11.9. The van der Waals surface area contributed by atoms with Gasteiger partial charge in [0.15, 0.2) is 0 Å².